The Morgan fingerprint density at radius 3 is 2.67 bits per heavy atom. The predicted molar refractivity (Wildman–Crippen MR) is 55.3 cm³/mol. The number of nitrogens with one attached hydrogen (secondary N) is 1. The van der Waals surface area contributed by atoms with Crippen molar-refractivity contribution in [2.24, 2.45) is 5.73 Å². The Morgan fingerprint density at radius 2 is 2.07 bits per heavy atom. The van der Waals surface area contributed by atoms with E-state index in [-0.39, 0.29) is 18.9 Å². The zero-order chi connectivity index (χ0) is 11.3. The van der Waals surface area contributed by atoms with E-state index in [1.807, 2.05) is 0 Å². The molecule has 0 bridgehead atoms. The maximum atomic E-state index is 11.5. The van der Waals surface area contributed by atoms with Crippen LogP contribution < -0.4 is 11.1 Å². The summed E-state index contributed by atoms with van der Waals surface area (Å²) in [4.78, 5) is 21.9. The Balaban J connectivity index is 2.54. The molecule has 0 aliphatic rings. The molecule has 2 amide bonds. The van der Waals surface area contributed by atoms with Gasteiger partial charge in [-0.3, -0.25) is 9.59 Å². The smallest absolute Gasteiger partial charge is 0.253 e. The third kappa shape index (κ3) is 3.49. The van der Waals surface area contributed by atoms with Gasteiger partial charge in [-0.25, -0.2) is 0 Å². The summed E-state index contributed by atoms with van der Waals surface area (Å²) in [6.07, 6.45) is 0.103. The van der Waals surface area contributed by atoms with Gasteiger partial charge in [0.1, 0.15) is 0 Å². The Morgan fingerprint density at radius 1 is 1.40 bits per heavy atom. The van der Waals surface area contributed by atoms with Gasteiger partial charge in [0.25, 0.3) is 5.91 Å². The fraction of sp³-hybridized carbons (Fsp3) is 0.200. The van der Waals surface area contributed by atoms with Gasteiger partial charge in [-0.2, -0.15) is 0 Å². The number of hydrogen-bond donors (Lipinski definition) is 2. The van der Waals surface area contributed by atoms with Crippen LogP contribution in [0.15, 0.2) is 12.1 Å². The van der Waals surface area contributed by atoms with Crippen molar-refractivity contribution in [3.05, 3.63) is 34.9 Å². The minimum absolute atomic E-state index is 0.103. The Labute approximate surface area is 92.4 Å². The molecular weight excluding hydrogens is 216 g/mol. The van der Waals surface area contributed by atoms with Crippen molar-refractivity contribution in [3.63, 3.8) is 0 Å². The SMILES string of the molecule is NC(=O)CCNC(=O)c1cc#ccc1Cl. The lowest BCUT2D eigenvalue weighted by Crippen LogP contribution is -2.27. The average molecular weight is 225 g/mol. The van der Waals surface area contributed by atoms with E-state index in [1.54, 1.807) is 0 Å². The molecule has 0 radical (unpaired) electrons. The zero-order valence-electron chi connectivity index (χ0n) is 7.84. The highest BCUT2D eigenvalue weighted by Gasteiger charge is 2.08. The molecule has 0 aromatic heterocycles. The summed E-state index contributed by atoms with van der Waals surface area (Å²) >= 11 is 5.76. The highest BCUT2D eigenvalue weighted by molar-refractivity contribution is 6.33. The molecule has 0 spiro atoms. The molecule has 15 heavy (non-hydrogen) atoms. The van der Waals surface area contributed by atoms with Crippen molar-refractivity contribution in [1.29, 1.82) is 0 Å². The molecule has 4 nitrogen and oxygen atoms in total. The second-order valence-corrected chi connectivity index (χ2v) is 3.22. The van der Waals surface area contributed by atoms with E-state index in [9.17, 15) is 9.59 Å². The number of rotatable bonds is 4. The van der Waals surface area contributed by atoms with E-state index >= 15 is 0 Å². The maximum Gasteiger partial charge on any atom is 0.253 e. The van der Waals surface area contributed by atoms with Crippen LogP contribution in [0.1, 0.15) is 16.8 Å². The number of carbonyl (C=O) groups excluding carboxylic acids is 2. The van der Waals surface area contributed by atoms with Gasteiger partial charge in [0.05, 0.1) is 10.6 Å². The third-order valence-corrected chi connectivity index (χ3v) is 1.97. The number of primary amides is 1. The first-order valence-electron chi connectivity index (χ1n) is 4.25. The number of nitrogens with two attached hydrogens (primary N) is 1. The van der Waals surface area contributed by atoms with E-state index in [1.165, 1.54) is 12.1 Å². The molecule has 78 valence electrons. The van der Waals surface area contributed by atoms with Crippen molar-refractivity contribution >= 4 is 23.4 Å². The molecule has 5 heteroatoms. The third-order valence-electron chi connectivity index (χ3n) is 1.66. The summed E-state index contributed by atoms with van der Waals surface area (Å²) in [6.45, 7) is 0.198. The molecule has 1 aromatic carbocycles. The Hall–Kier alpha value is -1.73. The summed E-state index contributed by atoms with van der Waals surface area (Å²) in [7, 11) is 0. The lowest BCUT2D eigenvalue weighted by atomic mass is 10.2. The standard InChI is InChI=1S/C10H9ClN2O2/c11-8-4-2-1-3-7(8)10(15)13-6-5-9(12)14/h3-4H,5-6H2,(H2,12,14)(H,13,15). The van der Waals surface area contributed by atoms with Crippen molar-refractivity contribution in [3.8, 4) is 0 Å². The van der Waals surface area contributed by atoms with E-state index in [2.05, 4.69) is 17.4 Å². The number of carbonyl (C=O) groups is 2. The average Bonchev–Trinajstić information content (AvgIpc) is 2.17. The summed E-state index contributed by atoms with van der Waals surface area (Å²) in [6, 6.07) is 8.12. The van der Waals surface area contributed by atoms with Crippen LogP contribution in [0.3, 0.4) is 0 Å². The van der Waals surface area contributed by atoms with Crippen LogP contribution >= 0.6 is 11.6 Å². The van der Waals surface area contributed by atoms with Crippen molar-refractivity contribution in [2.45, 2.75) is 6.42 Å². The van der Waals surface area contributed by atoms with E-state index < -0.39 is 5.91 Å². The van der Waals surface area contributed by atoms with Gasteiger partial charge in [0.2, 0.25) is 5.91 Å². The molecule has 0 saturated heterocycles. The second-order valence-electron chi connectivity index (χ2n) is 2.81. The van der Waals surface area contributed by atoms with Gasteiger partial charge < -0.3 is 11.1 Å². The minimum Gasteiger partial charge on any atom is -0.370 e. The molecule has 0 atom stereocenters. The summed E-state index contributed by atoms with van der Waals surface area (Å²) in [5.41, 5.74) is 5.23. The van der Waals surface area contributed by atoms with E-state index in [0.29, 0.717) is 10.6 Å². The first-order valence-corrected chi connectivity index (χ1v) is 4.63. The van der Waals surface area contributed by atoms with Gasteiger partial charge in [-0.1, -0.05) is 23.7 Å². The van der Waals surface area contributed by atoms with E-state index in [0.717, 1.165) is 0 Å². The molecule has 1 rings (SSSR count). The largest absolute Gasteiger partial charge is 0.370 e. The van der Waals surface area contributed by atoms with Crippen LogP contribution in [0.25, 0.3) is 0 Å². The summed E-state index contributed by atoms with van der Waals surface area (Å²) in [5, 5.41) is 2.81. The molecule has 0 saturated carbocycles. The van der Waals surface area contributed by atoms with Crippen LogP contribution in [0, 0.1) is 12.1 Å². The zero-order valence-corrected chi connectivity index (χ0v) is 8.60. The Kier molecular flexibility index (Phi) is 3.95. The highest BCUT2D eigenvalue weighted by Crippen LogP contribution is 2.12. The molecule has 3 N–H and O–H groups in total. The van der Waals surface area contributed by atoms with Crippen LogP contribution in [0.2, 0.25) is 5.02 Å². The van der Waals surface area contributed by atoms with Crippen molar-refractivity contribution in [1.82, 2.24) is 5.32 Å². The highest BCUT2D eigenvalue weighted by atomic mass is 35.5. The predicted octanol–water partition coefficient (Wildman–Crippen LogP) is 0.546. The van der Waals surface area contributed by atoms with Gasteiger partial charge in [0, 0.05) is 25.1 Å². The Bertz CT molecular complexity index is 379. The second kappa shape index (κ2) is 5.23. The quantitative estimate of drug-likeness (QED) is 0.784. The number of hydrogen-bond acceptors (Lipinski definition) is 2. The molecular formula is C10H9ClN2O2. The molecule has 1 aromatic rings. The minimum atomic E-state index is -0.464. The first-order chi connectivity index (χ1) is 7.11. The van der Waals surface area contributed by atoms with Crippen LogP contribution in [-0.4, -0.2) is 18.4 Å². The van der Waals surface area contributed by atoms with Gasteiger partial charge in [-0.15, -0.1) is 0 Å². The monoisotopic (exact) mass is 224 g/mol. The normalized spacial score (nSPS) is 9.13. The van der Waals surface area contributed by atoms with Crippen LogP contribution in [0.4, 0.5) is 0 Å². The van der Waals surface area contributed by atoms with E-state index in [4.69, 9.17) is 17.3 Å². The van der Waals surface area contributed by atoms with Crippen molar-refractivity contribution in [2.75, 3.05) is 6.54 Å². The lowest BCUT2D eigenvalue weighted by molar-refractivity contribution is -0.117. The molecule has 0 unspecified atom stereocenters. The van der Waals surface area contributed by atoms with Crippen LogP contribution in [-0.2, 0) is 4.79 Å². The summed E-state index contributed by atoms with van der Waals surface area (Å²) < 4.78 is 0. The number of amides is 2. The van der Waals surface area contributed by atoms with Gasteiger partial charge >= 0.3 is 0 Å². The molecule has 0 aliphatic heterocycles. The summed E-state index contributed by atoms with van der Waals surface area (Å²) in [5.74, 6) is -0.819. The number of halogens is 1. The fourth-order valence-corrected chi connectivity index (χ4v) is 1.13. The van der Waals surface area contributed by atoms with Gasteiger partial charge in [-0.05, 0) is 0 Å². The van der Waals surface area contributed by atoms with Crippen LogP contribution in [0.5, 0.6) is 0 Å². The van der Waals surface area contributed by atoms with Crippen molar-refractivity contribution < 1.29 is 9.59 Å². The lowest BCUT2D eigenvalue weighted by Gasteiger charge is -2.03. The maximum absolute atomic E-state index is 11.5. The topological polar surface area (TPSA) is 72.2 Å². The molecule has 0 heterocycles. The molecule has 0 fully saturated rings. The van der Waals surface area contributed by atoms with Gasteiger partial charge in [0.15, 0.2) is 0 Å². The fourth-order valence-electron chi connectivity index (χ4n) is 0.934. The molecule has 0 aliphatic carbocycles. The first kappa shape index (κ1) is 11.3.